The second-order valence-electron chi connectivity index (χ2n) is 6.70. The van der Waals surface area contributed by atoms with Gasteiger partial charge in [0.05, 0.1) is 22.8 Å². The Kier molecular flexibility index (Phi) is 3.91. The highest BCUT2D eigenvalue weighted by atomic mass is 16.2. The number of fused-ring (bicyclic) bond motifs is 1. The monoisotopic (exact) mass is 366 g/mol. The number of nitrogens with one attached hydrogen (secondary N) is 3. The van der Waals surface area contributed by atoms with Crippen LogP contribution in [0.4, 0.5) is 4.79 Å². The molecule has 0 saturated heterocycles. The number of hydrogen-bond donors (Lipinski definition) is 3. The van der Waals surface area contributed by atoms with Crippen molar-refractivity contribution in [3.05, 3.63) is 102 Å². The highest BCUT2D eigenvalue weighted by Gasteiger charge is 2.31. The summed E-state index contributed by atoms with van der Waals surface area (Å²) in [5.74, 6) is 0.737. The lowest BCUT2D eigenvalue weighted by molar-refractivity contribution is 0.242. The lowest BCUT2D eigenvalue weighted by Gasteiger charge is -2.30. The lowest BCUT2D eigenvalue weighted by atomic mass is 9.92. The molecule has 1 atom stereocenters. The molecule has 1 aliphatic heterocycles. The van der Waals surface area contributed by atoms with Gasteiger partial charge in [0, 0.05) is 5.57 Å². The number of aromatic nitrogens is 2. The second kappa shape index (κ2) is 6.70. The molecule has 136 valence electrons. The van der Waals surface area contributed by atoms with E-state index in [2.05, 4.69) is 15.6 Å². The van der Waals surface area contributed by atoms with Crippen LogP contribution in [0.15, 0.2) is 84.9 Å². The molecule has 0 fully saturated rings. The summed E-state index contributed by atoms with van der Waals surface area (Å²) in [6, 6.07) is 27.2. The van der Waals surface area contributed by atoms with Crippen LogP contribution in [-0.4, -0.2) is 16.0 Å². The highest BCUT2D eigenvalue weighted by Crippen LogP contribution is 2.37. The topological polar surface area (TPSA) is 69.8 Å². The summed E-state index contributed by atoms with van der Waals surface area (Å²) in [7, 11) is 0. The van der Waals surface area contributed by atoms with Gasteiger partial charge in [-0.05, 0) is 23.3 Å². The van der Waals surface area contributed by atoms with E-state index in [1.54, 1.807) is 0 Å². The molecule has 0 radical (unpaired) electrons. The zero-order chi connectivity index (χ0) is 18.9. The molecule has 0 saturated carbocycles. The van der Waals surface area contributed by atoms with Gasteiger partial charge >= 0.3 is 6.03 Å². The summed E-state index contributed by atoms with van der Waals surface area (Å²) in [6.45, 7) is 0. The van der Waals surface area contributed by atoms with Crippen LogP contribution < -0.4 is 10.6 Å². The molecule has 0 aliphatic carbocycles. The Hall–Kier alpha value is -3.86. The first-order chi connectivity index (χ1) is 13.8. The Labute approximate surface area is 162 Å². The number of carbonyl (C=O) groups is 1. The summed E-state index contributed by atoms with van der Waals surface area (Å²) in [4.78, 5) is 20.7. The molecule has 0 bridgehead atoms. The van der Waals surface area contributed by atoms with Gasteiger partial charge in [0.15, 0.2) is 0 Å². The Balaban J connectivity index is 1.78. The van der Waals surface area contributed by atoms with Gasteiger partial charge in [-0.1, -0.05) is 72.8 Å². The molecule has 5 nitrogen and oxygen atoms in total. The van der Waals surface area contributed by atoms with Gasteiger partial charge in [0.25, 0.3) is 0 Å². The molecule has 2 amide bonds. The first-order valence-electron chi connectivity index (χ1n) is 9.17. The number of urea groups is 1. The molecule has 1 aromatic heterocycles. The van der Waals surface area contributed by atoms with Crippen molar-refractivity contribution in [2.75, 3.05) is 0 Å². The molecule has 5 heteroatoms. The van der Waals surface area contributed by atoms with Crippen LogP contribution in [0.5, 0.6) is 0 Å². The quantitative estimate of drug-likeness (QED) is 0.500. The first kappa shape index (κ1) is 16.3. The van der Waals surface area contributed by atoms with Crippen molar-refractivity contribution in [1.29, 1.82) is 0 Å². The molecule has 0 spiro atoms. The van der Waals surface area contributed by atoms with Gasteiger partial charge in [0.2, 0.25) is 0 Å². The Morgan fingerprint density at radius 1 is 0.786 bits per heavy atom. The number of aromatic amines is 1. The van der Waals surface area contributed by atoms with E-state index in [4.69, 9.17) is 4.98 Å². The molecular weight excluding hydrogens is 348 g/mol. The Bertz CT molecular complexity index is 1150. The van der Waals surface area contributed by atoms with E-state index in [-0.39, 0.29) is 12.1 Å². The number of H-pyrrole nitrogens is 1. The van der Waals surface area contributed by atoms with Crippen molar-refractivity contribution in [2.45, 2.75) is 6.04 Å². The Morgan fingerprint density at radius 3 is 2.21 bits per heavy atom. The molecule has 3 aromatic carbocycles. The number of amides is 2. The SMILES string of the molecule is O=C1NC(c2ccccc2)=C(c2nc3ccccc3[nH]2)C(c2ccccc2)N1. The average molecular weight is 366 g/mol. The number of para-hydroxylation sites is 2. The van der Waals surface area contributed by atoms with Crippen molar-refractivity contribution < 1.29 is 4.79 Å². The summed E-state index contributed by atoms with van der Waals surface area (Å²) in [5, 5.41) is 6.05. The normalized spacial score (nSPS) is 16.7. The zero-order valence-electron chi connectivity index (χ0n) is 15.0. The fourth-order valence-electron chi connectivity index (χ4n) is 3.63. The standard InChI is InChI=1S/C23H18N4O/c28-23-26-20(15-9-3-1-4-10-15)19(21(27-23)16-11-5-2-6-12-16)22-24-17-13-7-8-14-18(17)25-22/h1-14,20H,(H,24,25)(H2,26,27,28). The van der Waals surface area contributed by atoms with E-state index in [9.17, 15) is 4.79 Å². The fraction of sp³-hybridized carbons (Fsp3) is 0.0435. The van der Waals surface area contributed by atoms with Crippen molar-refractivity contribution in [2.24, 2.45) is 0 Å². The van der Waals surface area contributed by atoms with Gasteiger partial charge in [-0.2, -0.15) is 0 Å². The molecule has 4 aromatic rings. The summed E-state index contributed by atoms with van der Waals surface area (Å²) in [5.41, 5.74) is 5.46. The van der Waals surface area contributed by atoms with Crippen molar-refractivity contribution in [3.8, 4) is 0 Å². The molecular formula is C23H18N4O. The third kappa shape index (κ3) is 2.83. The first-order valence-corrected chi connectivity index (χ1v) is 9.17. The summed E-state index contributed by atoms with van der Waals surface area (Å²) < 4.78 is 0. The Morgan fingerprint density at radius 2 is 1.46 bits per heavy atom. The molecule has 2 heterocycles. The number of nitrogens with zero attached hydrogens (tertiary/aromatic N) is 1. The molecule has 28 heavy (non-hydrogen) atoms. The maximum atomic E-state index is 12.5. The minimum atomic E-state index is -0.314. The molecule has 3 N–H and O–H groups in total. The highest BCUT2D eigenvalue weighted by molar-refractivity contribution is 6.02. The van der Waals surface area contributed by atoms with Gasteiger partial charge in [-0.15, -0.1) is 0 Å². The van der Waals surface area contributed by atoms with Crippen molar-refractivity contribution >= 4 is 28.3 Å². The predicted octanol–water partition coefficient (Wildman–Crippen LogP) is 4.49. The minimum Gasteiger partial charge on any atom is -0.338 e. The van der Waals surface area contributed by atoms with Crippen LogP contribution >= 0.6 is 0 Å². The van der Waals surface area contributed by atoms with Gasteiger partial charge in [-0.3, -0.25) is 0 Å². The number of imidazole rings is 1. The number of rotatable bonds is 3. The van der Waals surface area contributed by atoms with E-state index in [0.717, 1.165) is 39.3 Å². The van der Waals surface area contributed by atoms with Gasteiger partial charge in [-0.25, -0.2) is 9.78 Å². The van der Waals surface area contributed by atoms with Crippen LogP contribution in [0, 0.1) is 0 Å². The lowest BCUT2D eigenvalue weighted by Crippen LogP contribution is -2.43. The summed E-state index contributed by atoms with van der Waals surface area (Å²) >= 11 is 0. The van der Waals surface area contributed by atoms with Crippen LogP contribution in [0.2, 0.25) is 0 Å². The predicted molar refractivity (Wildman–Crippen MR) is 110 cm³/mol. The number of carbonyl (C=O) groups excluding carboxylic acids is 1. The fourth-order valence-corrected chi connectivity index (χ4v) is 3.63. The van der Waals surface area contributed by atoms with Gasteiger partial charge < -0.3 is 15.6 Å². The molecule has 1 unspecified atom stereocenters. The van der Waals surface area contributed by atoms with Crippen LogP contribution in [0.25, 0.3) is 22.3 Å². The number of benzene rings is 3. The van der Waals surface area contributed by atoms with E-state index in [0.29, 0.717) is 0 Å². The largest absolute Gasteiger partial charge is 0.338 e. The van der Waals surface area contributed by atoms with Crippen molar-refractivity contribution in [3.63, 3.8) is 0 Å². The maximum Gasteiger partial charge on any atom is 0.320 e. The van der Waals surface area contributed by atoms with E-state index < -0.39 is 0 Å². The number of hydrogen-bond acceptors (Lipinski definition) is 2. The van der Waals surface area contributed by atoms with Crippen molar-refractivity contribution in [1.82, 2.24) is 20.6 Å². The second-order valence-corrected chi connectivity index (χ2v) is 6.70. The van der Waals surface area contributed by atoms with E-state index in [1.165, 1.54) is 0 Å². The van der Waals surface area contributed by atoms with E-state index >= 15 is 0 Å². The third-order valence-electron chi connectivity index (χ3n) is 4.91. The van der Waals surface area contributed by atoms with Gasteiger partial charge in [0.1, 0.15) is 5.82 Å². The third-order valence-corrected chi connectivity index (χ3v) is 4.91. The van der Waals surface area contributed by atoms with Crippen LogP contribution in [0.1, 0.15) is 23.0 Å². The zero-order valence-corrected chi connectivity index (χ0v) is 15.0. The average Bonchev–Trinajstić information content (AvgIpc) is 3.18. The van der Waals surface area contributed by atoms with Crippen LogP contribution in [0.3, 0.4) is 0 Å². The molecule has 1 aliphatic rings. The summed E-state index contributed by atoms with van der Waals surface area (Å²) in [6.07, 6.45) is 0. The smallest absolute Gasteiger partial charge is 0.320 e. The molecule has 5 rings (SSSR count). The van der Waals surface area contributed by atoms with Crippen LogP contribution in [-0.2, 0) is 0 Å². The van der Waals surface area contributed by atoms with E-state index in [1.807, 2.05) is 84.9 Å². The minimum absolute atomic E-state index is 0.229. The maximum absolute atomic E-state index is 12.5.